The Balaban J connectivity index is 1.97. The Morgan fingerprint density at radius 2 is 2.15 bits per heavy atom. The van der Waals surface area contributed by atoms with E-state index in [1.54, 1.807) is 12.1 Å². The van der Waals surface area contributed by atoms with Crippen molar-refractivity contribution in [3.05, 3.63) is 41.2 Å². The topological polar surface area (TPSA) is 77.2 Å². The van der Waals surface area contributed by atoms with E-state index in [-0.39, 0.29) is 17.2 Å². The molecule has 0 fully saturated rings. The number of hydrogen-bond acceptors (Lipinski definition) is 6. The van der Waals surface area contributed by atoms with Crippen molar-refractivity contribution in [3.63, 3.8) is 0 Å². The first-order valence-electron chi connectivity index (χ1n) is 5.93. The van der Waals surface area contributed by atoms with Crippen molar-refractivity contribution in [3.8, 4) is 0 Å². The molecule has 106 valence electrons. The van der Waals surface area contributed by atoms with Crippen LogP contribution in [0.2, 0.25) is 0 Å². The smallest absolute Gasteiger partial charge is 0.344 e. The zero-order valence-corrected chi connectivity index (χ0v) is 11.7. The summed E-state index contributed by atoms with van der Waals surface area (Å²) in [4.78, 5) is 11.6. The molecule has 1 aromatic heterocycles. The third-order valence-electron chi connectivity index (χ3n) is 2.72. The van der Waals surface area contributed by atoms with Crippen LogP contribution in [-0.4, -0.2) is 24.0 Å². The van der Waals surface area contributed by atoms with Crippen LogP contribution < -0.4 is 11.1 Å². The highest BCUT2D eigenvalue weighted by Gasteiger charge is 2.19. The normalized spacial score (nSPS) is 10.3. The average molecular weight is 295 g/mol. The second kappa shape index (κ2) is 6.33. The molecule has 0 atom stereocenters. The number of halogens is 1. The molecule has 0 aliphatic rings. The molecule has 1 heterocycles. The Kier molecular flexibility index (Phi) is 4.52. The standard InChI is InChI=1S/C13H14FN3O2S/c1-19-13(18)10-11(15)17-20-12(10)16-7-6-8-2-4-9(14)5-3-8/h2-5,16H,6-7H2,1H3,(H2,15,17). The fourth-order valence-electron chi connectivity index (χ4n) is 1.69. The van der Waals surface area contributed by atoms with E-state index in [1.807, 2.05) is 0 Å². The maximum absolute atomic E-state index is 12.8. The van der Waals surface area contributed by atoms with Crippen LogP contribution >= 0.6 is 11.5 Å². The van der Waals surface area contributed by atoms with Crippen molar-refractivity contribution in [2.75, 3.05) is 24.7 Å². The number of methoxy groups -OCH3 is 1. The number of aromatic nitrogens is 1. The second-order valence-electron chi connectivity index (χ2n) is 4.07. The van der Waals surface area contributed by atoms with Gasteiger partial charge in [0.05, 0.1) is 7.11 Å². The van der Waals surface area contributed by atoms with Crippen LogP contribution in [0, 0.1) is 5.82 Å². The van der Waals surface area contributed by atoms with Crippen molar-refractivity contribution in [2.45, 2.75) is 6.42 Å². The lowest BCUT2D eigenvalue weighted by molar-refractivity contribution is 0.0603. The molecule has 2 aromatic rings. The predicted molar refractivity (Wildman–Crippen MR) is 76.5 cm³/mol. The molecular formula is C13H14FN3O2S. The van der Waals surface area contributed by atoms with Gasteiger partial charge >= 0.3 is 5.97 Å². The van der Waals surface area contributed by atoms with Gasteiger partial charge in [0.15, 0.2) is 5.82 Å². The number of anilines is 2. The Morgan fingerprint density at radius 3 is 2.80 bits per heavy atom. The van der Waals surface area contributed by atoms with Crippen LogP contribution in [0.25, 0.3) is 0 Å². The lowest BCUT2D eigenvalue weighted by Crippen LogP contribution is -2.10. The predicted octanol–water partition coefficient (Wildman–Crippen LogP) is 2.31. The number of nitrogen functional groups attached to an aromatic ring is 1. The van der Waals surface area contributed by atoms with Gasteiger partial charge in [0.25, 0.3) is 0 Å². The van der Waals surface area contributed by atoms with E-state index >= 15 is 0 Å². The Hall–Kier alpha value is -2.15. The Labute approximate surface area is 119 Å². The van der Waals surface area contributed by atoms with Crippen LogP contribution in [0.3, 0.4) is 0 Å². The number of carbonyl (C=O) groups is 1. The van der Waals surface area contributed by atoms with E-state index in [0.29, 0.717) is 18.0 Å². The molecule has 0 amide bonds. The van der Waals surface area contributed by atoms with Crippen LogP contribution in [0.1, 0.15) is 15.9 Å². The van der Waals surface area contributed by atoms with Gasteiger partial charge in [-0.3, -0.25) is 0 Å². The van der Waals surface area contributed by atoms with Gasteiger partial charge in [0, 0.05) is 6.54 Å². The number of nitrogens with zero attached hydrogens (tertiary/aromatic N) is 1. The summed E-state index contributed by atoms with van der Waals surface area (Å²) >= 11 is 1.11. The molecule has 20 heavy (non-hydrogen) atoms. The van der Waals surface area contributed by atoms with E-state index in [9.17, 15) is 9.18 Å². The van der Waals surface area contributed by atoms with Gasteiger partial charge in [-0.05, 0) is 35.6 Å². The van der Waals surface area contributed by atoms with Crippen LogP contribution in [0.4, 0.5) is 15.2 Å². The van der Waals surface area contributed by atoms with Crippen LogP contribution in [0.5, 0.6) is 0 Å². The number of rotatable bonds is 5. The zero-order chi connectivity index (χ0) is 14.5. The summed E-state index contributed by atoms with van der Waals surface area (Å²) in [6, 6.07) is 6.28. The average Bonchev–Trinajstić information content (AvgIpc) is 2.81. The van der Waals surface area contributed by atoms with Gasteiger partial charge in [0.1, 0.15) is 16.4 Å². The molecule has 1 aromatic carbocycles. The fourth-order valence-corrected chi connectivity index (χ4v) is 2.42. The van der Waals surface area contributed by atoms with Gasteiger partial charge in [-0.1, -0.05) is 12.1 Å². The molecule has 0 saturated heterocycles. The monoisotopic (exact) mass is 295 g/mol. The second-order valence-corrected chi connectivity index (χ2v) is 4.84. The highest BCUT2D eigenvalue weighted by Crippen LogP contribution is 2.27. The van der Waals surface area contributed by atoms with Crippen molar-refractivity contribution < 1.29 is 13.9 Å². The van der Waals surface area contributed by atoms with Crippen molar-refractivity contribution in [2.24, 2.45) is 0 Å². The minimum atomic E-state index is -0.513. The SMILES string of the molecule is COC(=O)c1c(N)nsc1NCCc1ccc(F)cc1. The van der Waals surface area contributed by atoms with Crippen molar-refractivity contribution >= 4 is 28.3 Å². The molecule has 0 unspecified atom stereocenters. The number of nitrogens with two attached hydrogens (primary N) is 1. The first-order valence-corrected chi connectivity index (χ1v) is 6.71. The highest BCUT2D eigenvalue weighted by molar-refractivity contribution is 7.11. The van der Waals surface area contributed by atoms with Crippen molar-refractivity contribution in [1.29, 1.82) is 0 Å². The summed E-state index contributed by atoms with van der Waals surface area (Å²) in [5.74, 6) is -0.614. The quantitative estimate of drug-likeness (QED) is 0.828. The Bertz CT molecular complexity index is 598. The van der Waals surface area contributed by atoms with E-state index in [0.717, 1.165) is 17.1 Å². The molecular weight excluding hydrogens is 281 g/mol. The lowest BCUT2D eigenvalue weighted by Gasteiger charge is -2.06. The van der Waals surface area contributed by atoms with E-state index in [1.165, 1.54) is 19.2 Å². The number of hydrogen-bond donors (Lipinski definition) is 2. The Morgan fingerprint density at radius 1 is 1.45 bits per heavy atom. The van der Waals surface area contributed by atoms with Gasteiger partial charge in [-0.2, -0.15) is 4.37 Å². The maximum Gasteiger partial charge on any atom is 0.344 e. The molecule has 0 saturated carbocycles. The summed E-state index contributed by atoms with van der Waals surface area (Å²) in [6.45, 7) is 0.581. The third-order valence-corrected chi connectivity index (χ3v) is 3.54. The van der Waals surface area contributed by atoms with Gasteiger partial charge in [0.2, 0.25) is 0 Å². The number of nitrogens with one attached hydrogen (secondary N) is 1. The zero-order valence-electron chi connectivity index (χ0n) is 10.9. The van der Waals surface area contributed by atoms with Gasteiger partial charge in [-0.25, -0.2) is 9.18 Å². The largest absolute Gasteiger partial charge is 0.465 e. The highest BCUT2D eigenvalue weighted by atomic mass is 32.1. The molecule has 0 spiro atoms. The first-order chi connectivity index (χ1) is 9.61. The molecule has 0 aliphatic heterocycles. The first kappa shape index (κ1) is 14.3. The number of esters is 1. The summed E-state index contributed by atoms with van der Waals surface area (Å²) in [5.41, 5.74) is 6.89. The van der Waals surface area contributed by atoms with Crippen LogP contribution in [-0.2, 0) is 11.2 Å². The molecule has 2 rings (SSSR count). The number of benzene rings is 1. The number of carbonyl (C=O) groups excluding carboxylic acids is 1. The van der Waals surface area contributed by atoms with Crippen LogP contribution in [0.15, 0.2) is 24.3 Å². The molecule has 3 N–H and O–H groups in total. The third kappa shape index (κ3) is 3.24. The molecule has 5 nitrogen and oxygen atoms in total. The van der Waals surface area contributed by atoms with Crippen molar-refractivity contribution in [1.82, 2.24) is 4.37 Å². The molecule has 0 aliphatic carbocycles. The minimum absolute atomic E-state index is 0.158. The van der Waals surface area contributed by atoms with Gasteiger partial charge in [-0.15, -0.1) is 0 Å². The van der Waals surface area contributed by atoms with E-state index in [2.05, 4.69) is 14.4 Å². The summed E-state index contributed by atoms with van der Waals surface area (Å²) in [5, 5.41) is 3.67. The number of ether oxygens (including phenoxy) is 1. The summed E-state index contributed by atoms with van der Waals surface area (Å²) in [6.07, 6.45) is 0.693. The molecule has 0 radical (unpaired) electrons. The van der Waals surface area contributed by atoms with E-state index < -0.39 is 5.97 Å². The minimum Gasteiger partial charge on any atom is -0.465 e. The lowest BCUT2D eigenvalue weighted by atomic mass is 10.1. The fraction of sp³-hybridized carbons (Fsp3) is 0.231. The molecule has 7 heteroatoms. The summed E-state index contributed by atoms with van der Waals surface area (Å²) < 4.78 is 21.4. The summed E-state index contributed by atoms with van der Waals surface area (Å²) in [7, 11) is 1.29. The van der Waals surface area contributed by atoms with E-state index in [4.69, 9.17) is 5.73 Å². The molecule has 0 bridgehead atoms. The maximum atomic E-state index is 12.8. The van der Waals surface area contributed by atoms with Gasteiger partial charge < -0.3 is 15.8 Å².